The normalized spacial score (nSPS) is 13.2. The molecule has 7 nitrogen and oxygen atoms in total. The fourth-order valence-electron chi connectivity index (χ4n) is 1.84. The van der Waals surface area contributed by atoms with E-state index in [0.29, 0.717) is 11.5 Å². The third-order valence-electron chi connectivity index (χ3n) is 2.85. The second-order valence-corrected chi connectivity index (χ2v) is 8.59. The lowest BCUT2D eigenvalue weighted by molar-refractivity contribution is 0.280. The van der Waals surface area contributed by atoms with Crippen molar-refractivity contribution in [1.82, 2.24) is 5.09 Å². The van der Waals surface area contributed by atoms with Crippen molar-refractivity contribution in [3.8, 4) is 11.5 Å². The van der Waals surface area contributed by atoms with Crippen LogP contribution in [0, 0.1) is 0 Å². The van der Waals surface area contributed by atoms with E-state index in [1.54, 1.807) is 67.6 Å². The highest BCUT2D eigenvalue weighted by Gasteiger charge is 2.31. The van der Waals surface area contributed by atoms with Gasteiger partial charge in [-0.2, -0.15) is 13.5 Å². The van der Waals surface area contributed by atoms with Gasteiger partial charge >= 0.3 is 7.75 Å². The first-order chi connectivity index (χ1) is 11.8. The number of nitrogens with one attached hydrogen (secondary N) is 1. The highest BCUT2D eigenvalue weighted by molar-refractivity contribution is 7.85. The molecule has 2 aromatic rings. The van der Waals surface area contributed by atoms with Crippen LogP contribution in [-0.2, 0) is 18.9 Å². The molecule has 136 valence electrons. The summed E-state index contributed by atoms with van der Waals surface area (Å²) < 4.78 is 51.1. The van der Waals surface area contributed by atoms with E-state index in [1.807, 2.05) is 0 Å². The maximum absolute atomic E-state index is 13.1. The van der Waals surface area contributed by atoms with Gasteiger partial charge in [0.15, 0.2) is 0 Å². The summed E-state index contributed by atoms with van der Waals surface area (Å²) in [7, 11) is -7.43. The lowest BCUT2D eigenvalue weighted by atomic mass is 10.3. The van der Waals surface area contributed by atoms with Crippen molar-refractivity contribution in [2.45, 2.75) is 13.0 Å². The van der Waals surface area contributed by atoms with Gasteiger partial charge in [-0.1, -0.05) is 36.4 Å². The van der Waals surface area contributed by atoms with Crippen molar-refractivity contribution in [2.24, 2.45) is 0 Å². The average molecular weight is 385 g/mol. The number of benzene rings is 2. The van der Waals surface area contributed by atoms with Crippen LogP contribution in [-0.4, -0.2) is 27.3 Å². The smallest absolute Gasteiger partial charge is 0.405 e. The van der Waals surface area contributed by atoms with Gasteiger partial charge in [-0.3, -0.25) is 4.18 Å². The minimum absolute atomic E-state index is 0.209. The SMILES string of the molecule is C[C@@H](COS(C)(=O)=O)NP(=O)(Oc1ccccc1)Oc1ccccc1. The van der Waals surface area contributed by atoms with Gasteiger partial charge in [-0.05, 0) is 31.2 Å². The Morgan fingerprint density at radius 3 is 1.80 bits per heavy atom. The minimum Gasteiger partial charge on any atom is -0.405 e. The molecule has 9 heteroatoms. The first kappa shape index (κ1) is 19.5. The second-order valence-electron chi connectivity index (χ2n) is 5.32. The van der Waals surface area contributed by atoms with E-state index in [2.05, 4.69) is 5.09 Å². The zero-order valence-corrected chi connectivity index (χ0v) is 15.6. The summed E-state index contributed by atoms with van der Waals surface area (Å²) in [4.78, 5) is 0. The Morgan fingerprint density at radius 1 is 0.960 bits per heavy atom. The van der Waals surface area contributed by atoms with Crippen molar-refractivity contribution >= 4 is 17.9 Å². The Bertz CT molecular complexity index is 768. The summed E-state index contributed by atoms with van der Waals surface area (Å²) in [6.07, 6.45) is 0.945. The molecule has 25 heavy (non-hydrogen) atoms. The third-order valence-corrected chi connectivity index (χ3v) is 5.07. The largest absolute Gasteiger partial charge is 0.513 e. The summed E-state index contributed by atoms with van der Waals surface area (Å²) in [5.74, 6) is 0.705. The summed E-state index contributed by atoms with van der Waals surface area (Å²) in [5.41, 5.74) is 0. The molecule has 0 aromatic heterocycles. The van der Waals surface area contributed by atoms with Crippen LogP contribution in [0.5, 0.6) is 11.5 Å². The zero-order chi connectivity index (χ0) is 18.3. The quantitative estimate of drug-likeness (QED) is 0.523. The van der Waals surface area contributed by atoms with E-state index in [1.165, 1.54) is 0 Å². The minimum atomic E-state index is -3.83. The molecule has 2 rings (SSSR count). The third kappa shape index (κ3) is 7.27. The maximum Gasteiger partial charge on any atom is 0.513 e. The first-order valence-corrected chi connectivity index (χ1v) is 10.8. The van der Waals surface area contributed by atoms with Gasteiger partial charge in [0.25, 0.3) is 10.1 Å². The lowest BCUT2D eigenvalue weighted by Gasteiger charge is -2.23. The van der Waals surface area contributed by atoms with Gasteiger partial charge in [0.05, 0.1) is 12.9 Å². The summed E-state index contributed by atoms with van der Waals surface area (Å²) in [5, 5.41) is 2.68. The maximum atomic E-state index is 13.1. The van der Waals surface area contributed by atoms with Gasteiger partial charge in [-0.15, -0.1) is 0 Å². The van der Waals surface area contributed by atoms with Crippen LogP contribution < -0.4 is 14.1 Å². The predicted octanol–water partition coefficient (Wildman–Crippen LogP) is 3.21. The Kier molecular flexibility index (Phi) is 6.61. The van der Waals surface area contributed by atoms with Crippen LogP contribution in [0.25, 0.3) is 0 Å². The Labute approximate surface area is 147 Å². The van der Waals surface area contributed by atoms with Gasteiger partial charge in [0.2, 0.25) is 0 Å². The van der Waals surface area contributed by atoms with Crippen LogP contribution in [0.1, 0.15) is 6.92 Å². The topological polar surface area (TPSA) is 90.9 Å². The van der Waals surface area contributed by atoms with Crippen molar-refractivity contribution in [3.05, 3.63) is 60.7 Å². The predicted molar refractivity (Wildman–Crippen MR) is 95.1 cm³/mol. The molecule has 0 aliphatic rings. The standard InChI is InChI=1S/C16H20NO6PS/c1-14(13-21-25(2,19)20)17-24(18,22-15-9-5-3-6-10-15)23-16-11-7-4-8-12-16/h3-12,14H,13H2,1-2H3,(H,17,18)/t14-/m0/s1. The first-order valence-electron chi connectivity index (χ1n) is 7.47. The molecule has 0 unspecified atom stereocenters. The number of hydrogen-bond donors (Lipinski definition) is 1. The molecule has 0 radical (unpaired) electrons. The van der Waals surface area contributed by atoms with Gasteiger partial charge in [0.1, 0.15) is 11.5 Å². The van der Waals surface area contributed by atoms with Crippen molar-refractivity contribution in [2.75, 3.05) is 12.9 Å². The van der Waals surface area contributed by atoms with Gasteiger partial charge < -0.3 is 9.05 Å². The number of para-hydroxylation sites is 2. The molecule has 0 saturated heterocycles. The average Bonchev–Trinajstić information content (AvgIpc) is 2.54. The molecule has 1 atom stereocenters. The van der Waals surface area contributed by atoms with E-state index in [9.17, 15) is 13.0 Å². The monoisotopic (exact) mass is 385 g/mol. The number of hydrogen-bond acceptors (Lipinski definition) is 6. The van der Waals surface area contributed by atoms with Crippen LogP contribution in [0.15, 0.2) is 60.7 Å². The lowest BCUT2D eigenvalue weighted by Crippen LogP contribution is -2.32. The molecule has 0 fully saturated rings. The van der Waals surface area contributed by atoms with E-state index in [4.69, 9.17) is 13.2 Å². The summed E-state index contributed by atoms with van der Waals surface area (Å²) in [6.45, 7) is 1.40. The highest BCUT2D eigenvalue weighted by Crippen LogP contribution is 2.45. The van der Waals surface area contributed by atoms with Crippen LogP contribution in [0.4, 0.5) is 0 Å². The highest BCUT2D eigenvalue weighted by atomic mass is 32.2. The van der Waals surface area contributed by atoms with Crippen molar-refractivity contribution in [3.63, 3.8) is 0 Å². The van der Waals surface area contributed by atoms with Gasteiger partial charge in [-0.25, -0.2) is 4.57 Å². The van der Waals surface area contributed by atoms with Crippen LogP contribution in [0.2, 0.25) is 0 Å². The van der Waals surface area contributed by atoms with E-state index in [0.717, 1.165) is 6.26 Å². The summed E-state index contributed by atoms with van der Waals surface area (Å²) in [6, 6.07) is 16.5. The number of rotatable bonds is 9. The molecule has 0 bridgehead atoms. The van der Waals surface area contributed by atoms with E-state index >= 15 is 0 Å². The van der Waals surface area contributed by atoms with Gasteiger partial charge in [0, 0.05) is 6.04 Å². The molecule has 0 aliphatic carbocycles. The Hall–Kier alpha value is -1.86. The molecule has 1 N–H and O–H groups in total. The van der Waals surface area contributed by atoms with Crippen LogP contribution in [0.3, 0.4) is 0 Å². The Balaban J connectivity index is 2.14. The molecule has 2 aromatic carbocycles. The molecule has 0 saturated carbocycles. The van der Waals surface area contributed by atoms with E-state index in [-0.39, 0.29) is 6.61 Å². The fraction of sp³-hybridized carbons (Fsp3) is 0.250. The molecule has 0 heterocycles. The van der Waals surface area contributed by atoms with Crippen molar-refractivity contribution in [1.29, 1.82) is 0 Å². The van der Waals surface area contributed by atoms with E-state index < -0.39 is 23.9 Å². The molecule has 0 spiro atoms. The van der Waals surface area contributed by atoms with Crippen LogP contribution >= 0.6 is 7.75 Å². The van der Waals surface area contributed by atoms with Crippen molar-refractivity contribution < 1.29 is 26.2 Å². The molecular formula is C16H20NO6PS. The molecule has 0 amide bonds. The zero-order valence-electron chi connectivity index (χ0n) is 13.9. The Morgan fingerprint density at radius 2 is 1.40 bits per heavy atom. The second kappa shape index (κ2) is 8.49. The molecular weight excluding hydrogens is 365 g/mol. The fourth-order valence-corrected chi connectivity index (χ4v) is 3.85. The summed E-state index contributed by atoms with van der Waals surface area (Å²) >= 11 is 0. The molecule has 0 aliphatic heterocycles.